The van der Waals surface area contributed by atoms with Crippen molar-refractivity contribution in [3.05, 3.63) is 42.1 Å². The predicted molar refractivity (Wildman–Crippen MR) is 73.2 cm³/mol. The lowest BCUT2D eigenvalue weighted by Crippen LogP contribution is -2.40. The van der Waals surface area contributed by atoms with Gasteiger partial charge in [0.05, 0.1) is 19.0 Å². The average molecular weight is 312 g/mol. The number of aromatic nitrogens is 3. The molecule has 21 heavy (non-hydrogen) atoms. The Labute approximate surface area is 122 Å². The average Bonchev–Trinajstić information content (AvgIpc) is 2.46. The van der Waals surface area contributed by atoms with Crippen LogP contribution in [0.5, 0.6) is 0 Å². The molecule has 0 aliphatic carbocycles. The van der Waals surface area contributed by atoms with Gasteiger partial charge in [-0.15, -0.1) is 0 Å². The van der Waals surface area contributed by atoms with E-state index < -0.39 is 10.1 Å². The van der Waals surface area contributed by atoms with Gasteiger partial charge in [0.25, 0.3) is 10.1 Å². The molecule has 0 aromatic carbocycles. The number of aryl methyl sites for hydroxylation is 2. The first-order valence-corrected chi connectivity index (χ1v) is 7.75. The second-order valence-corrected chi connectivity index (χ2v) is 6.28. The van der Waals surface area contributed by atoms with Crippen LogP contribution in [0.15, 0.2) is 30.7 Å². The standard InChI is InChI=1S/C13H15FN3O3S/c1-10-7-12(14)9-15-13(10)11-3-4-17(16-8-11)5-6-21(18,19)20-2/h3-4,7-9H,5-6H2,1-2H3/q+1. The molecule has 0 aliphatic rings. The normalized spacial score (nSPS) is 11.6. The molecule has 0 saturated heterocycles. The highest BCUT2D eigenvalue weighted by Gasteiger charge is 2.14. The molecular formula is C13H15FN3O3S+. The largest absolute Gasteiger partial charge is 0.273 e. The maximum Gasteiger partial charge on any atom is 0.273 e. The molecule has 2 heterocycles. The Balaban J connectivity index is 2.15. The molecule has 2 rings (SSSR count). The van der Waals surface area contributed by atoms with Crippen molar-refractivity contribution in [2.24, 2.45) is 0 Å². The predicted octanol–water partition coefficient (Wildman–Crippen LogP) is 0.855. The van der Waals surface area contributed by atoms with Gasteiger partial charge in [-0.2, -0.15) is 8.42 Å². The number of halogens is 1. The monoisotopic (exact) mass is 312 g/mol. The summed E-state index contributed by atoms with van der Waals surface area (Å²) in [6, 6.07) is 3.15. The summed E-state index contributed by atoms with van der Waals surface area (Å²) in [7, 11) is -2.38. The van der Waals surface area contributed by atoms with Crippen molar-refractivity contribution in [2.45, 2.75) is 13.5 Å². The zero-order valence-corrected chi connectivity index (χ0v) is 12.5. The number of rotatable bonds is 5. The molecule has 0 fully saturated rings. The lowest BCUT2D eigenvalue weighted by atomic mass is 10.1. The van der Waals surface area contributed by atoms with Crippen molar-refractivity contribution < 1.29 is 21.7 Å². The highest BCUT2D eigenvalue weighted by Crippen LogP contribution is 2.19. The second-order valence-electron chi connectivity index (χ2n) is 4.43. The Morgan fingerprint density at radius 1 is 1.38 bits per heavy atom. The minimum atomic E-state index is -3.51. The minimum absolute atomic E-state index is 0.158. The summed E-state index contributed by atoms with van der Waals surface area (Å²) in [4.78, 5) is 4.04. The van der Waals surface area contributed by atoms with Gasteiger partial charge in [0.2, 0.25) is 0 Å². The summed E-state index contributed by atoms with van der Waals surface area (Å²) < 4.78 is 41.3. The van der Waals surface area contributed by atoms with E-state index >= 15 is 0 Å². The lowest BCUT2D eigenvalue weighted by Gasteiger charge is -2.03. The molecule has 0 radical (unpaired) electrons. The van der Waals surface area contributed by atoms with Crippen molar-refractivity contribution in [3.8, 4) is 11.3 Å². The van der Waals surface area contributed by atoms with Gasteiger partial charge < -0.3 is 0 Å². The van der Waals surface area contributed by atoms with Gasteiger partial charge in [0, 0.05) is 11.6 Å². The van der Waals surface area contributed by atoms with Crippen molar-refractivity contribution in [2.75, 3.05) is 12.9 Å². The fourth-order valence-corrected chi connectivity index (χ4v) is 2.37. The number of hydrogen-bond acceptors (Lipinski definition) is 5. The fraction of sp³-hybridized carbons (Fsp3) is 0.308. The van der Waals surface area contributed by atoms with Crippen LogP contribution < -0.4 is 4.68 Å². The van der Waals surface area contributed by atoms with Gasteiger partial charge in [-0.25, -0.2) is 4.39 Å². The first-order valence-electron chi connectivity index (χ1n) is 6.18. The van der Waals surface area contributed by atoms with Crippen LogP contribution in [0.2, 0.25) is 0 Å². The van der Waals surface area contributed by atoms with E-state index in [1.807, 2.05) is 0 Å². The van der Waals surface area contributed by atoms with E-state index in [2.05, 4.69) is 14.3 Å². The number of nitrogens with zero attached hydrogens (tertiary/aromatic N) is 3. The van der Waals surface area contributed by atoms with E-state index in [-0.39, 0.29) is 18.1 Å². The molecule has 6 nitrogen and oxygen atoms in total. The molecule has 0 unspecified atom stereocenters. The highest BCUT2D eigenvalue weighted by molar-refractivity contribution is 7.86. The summed E-state index contributed by atoms with van der Waals surface area (Å²) in [6.45, 7) is 1.95. The van der Waals surface area contributed by atoms with E-state index in [0.29, 0.717) is 11.3 Å². The molecule has 0 spiro atoms. The molecular weight excluding hydrogens is 297 g/mol. The molecule has 112 valence electrons. The zero-order chi connectivity index (χ0) is 15.5. The smallest absolute Gasteiger partial charge is 0.273 e. The Kier molecular flexibility index (Phi) is 4.59. The van der Waals surface area contributed by atoms with Crippen LogP contribution >= 0.6 is 0 Å². The summed E-state index contributed by atoms with van der Waals surface area (Å²) >= 11 is 0. The molecule has 0 amide bonds. The first-order chi connectivity index (χ1) is 9.91. The van der Waals surface area contributed by atoms with Crippen molar-refractivity contribution in [1.82, 2.24) is 10.1 Å². The third-order valence-electron chi connectivity index (χ3n) is 2.91. The fourth-order valence-electron chi connectivity index (χ4n) is 1.79. The number of hydrogen-bond donors (Lipinski definition) is 0. The summed E-state index contributed by atoms with van der Waals surface area (Å²) in [5, 5.41) is 4.12. The molecule has 8 heteroatoms. The Morgan fingerprint density at radius 2 is 2.14 bits per heavy atom. The van der Waals surface area contributed by atoms with Crippen LogP contribution in [-0.2, 0) is 20.8 Å². The van der Waals surface area contributed by atoms with Crippen LogP contribution in [0.3, 0.4) is 0 Å². The second kappa shape index (κ2) is 6.23. The lowest BCUT2D eigenvalue weighted by molar-refractivity contribution is -0.750. The molecule has 0 N–H and O–H groups in total. The molecule has 2 aromatic heterocycles. The van der Waals surface area contributed by atoms with E-state index in [4.69, 9.17) is 0 Å². The molecule has 0 bridgehead atoms. The third-order valence-corrected chi connectivity index (χ3v) is 4.10. The van der Waals surface area contributed by atoms with Crippen LogP contribution in [-0.4, -0.2) is 31.4 Å². The van der Waals surface area contributed by atoms with Gasteiger partial charge in [0.1, 0.15) is 17.8 Å². The molecule has 0 aliphatic heterocycles. The highest BCUT2D eigenvalue weighted by atomic mass is 32.2. The van der Waals surface area contributed by atoms with Crippen molar-refractivity contribution >= 4 is 10.1 Å². The maximum atomic E-state index is 13.0. The SMILES string of the molecule is COS(=O)(=O)CC[n+]1ccc(-c2ncc(F)cc2C)cn1. The molecule has 0 atom stereocenters. The Morgan fingerprint density at radius 3 is 2.71 bits per heavy atom. The maximum absolute atomic E-state index is 13.0. The van der Waals surface area contributed by atoms with E-state index in [1.165, 1.54) is 10.7 Å². The quantitative estimate of drug-likeness (QED) is 0.605. The van der Waals surface area contributed by atoms with E-state index in [1.54, 1.807) is 25.4 Å². The molecule has 2 aromatic rings. The van der Waals surface area contributed by atoms with Gasteiger partial charge in [-0.3, -0.25) is 9.17 Å². The first kappa shape index (κ1) is 15.5. The Bertz CT molecular complexity index is 733. The summed E-state index contributed by atoms with van der Waals surface area (Å²) in [5.74, 6) is -0.547. The van der Waals surface area contributed by atoms with Crippen LogP contribution in [0.25, 0.3) is 11.3 Å². The van der Waals surface area contributed by atoms with Crippen molar-refractivity contribution in [1.29, 1.82) is 0 Å². The van der Waals surface area contributed by atoms with Crippen molar-refractivity contribution in [3.63, 3.8) is 0 Å². The van der Waals surface area contributed by atoms with Crippen LogP contribution in [0, 0.1) is 12.7 Å². The van der Waals surface area contributed by atoms with E-state index in [9.17, 15) is 12.8 Å². The Hall–Kier alpha value is -1.93. The van der Waals surface area contributed by atoms with Crippen LogP contribution in [0.1, 0.15) is 5.56 Å². The van der Waals surface area contributed by atoms with E-state index in [0.717, 1.165) is 18.9 Å². The molecule has 0 saturated carbocycles. The third kappa shape index (κ3) is 4.02. The minimum Gasteiger partial charge on any atom is -0.273 e. The van der Waals surface area contributed by atoms with Gasteiger partial charge in [-0.05, 0) is 23.7 Å². The summed E-state index contributed by atoms with van der Waals surface area (Å²) in [5.41, 5.74) is 2.08. The van der Waals surface area contributed by atoms with Gasteiger partial charge in [0.15, 0.2) is 12.7 Å². The zero-order valence-electron chi connectivity index (χ0n) is 11.7. The number of pyridine rings is 1. The topological polar surface area (TPSA) is 73.0 Å². The van der Waals surface area contributed by atoms with Gasteiger partial charge in [-0.1, -0.05) is 4.68 Å². The van der Waals surface area contributed by atoms with Crippen LogP contribution in [0.4, 0.5) is 4.39 Å². The van der Waals surface area contributed by atoms with Gasteiger partial charge >= 0.3 is 0 Å². The summed E-state index contributed by atoms with van der Waals surface area (Å²) in [6.07, 6.45) is 4.35.